The van der Waals surface area contributed by atoms with E-state index in [1.54, 1.807) is 27.0 Å². The van der Waals surface area contributed by atoms with Crippen LogP contribution in [0.1, 0.15) is 45.1 Å². The first-order valence-corrected chi connectivity index (χ1v) is 11.5. The third-order valence-electron chi connectivity index (χ3n) is 4.96. The van der Waals surface area contributed by atoms with E-state index in [4.69, 9.17) is 9.47 Å². The van der Waals surface area contributed by atoms with Gasteiger partial charge < -0.3 is 14.6 Å². The third kappa shape index (κ3) is 4.36. The standard InChI is InChI=1S/C24H20N2O4S2/c1-13-21(24(28)30-12-15-4-6-19(29-3)7-5-15)32-23(26-13)20-10-17-8-16(14(2)27)9-18(11-25)22(17)31-20/h4-10,14,27H,12H2,1-3H3. The molecule has 0 amide bonds. The van der Waals surface area contributed by atoms with Gasteiger partial charge in [0.1, 0.15) is 28.3 Å². The van der Waals surface area contributed by atoms with Crippen LogP contribution in [0.5, 0.6) is 5.75 Å². The number of nitrogens with zero attached hydrogens (tertiary/aromatic N) is 2. The van der Waals surface area contributed by atoms with E-state index < -0.39 is 12.1 Å². The number of aliphatic hydroxyl groups is 1. The maximum absolute atomic E-state index is 12.7. The zero-order chi connectivity index (χ0) is 22.8. The Labute approximate surface area is 193 Å². The van der Waals surface area contributed by atoms with Crippen molar-refractivity contribution in [1.29, 1.82) is 5.26 Å². The van der Waals surface area contributed by atoms with E-state index in [2.05, 4.69) is 11.1 Å². The number of benzene rings is 2. The Morgan fingerprint density at radius 2 is 1.97 bits per heavy atom. The van der Waals surface area contributed by atoms with E-state index in [0.29, 0.717) is 26.7 Å². The Morgan fingerprint density at radius 3 is 2.62 bits per heavy atom. The minimum absolute atomic E-state index is 0.159. The molecule has 0 aliphatic carbocycles. The Morgan fingerprint density at radius 1 is 1.22 bits per heavy atom. The molecule has 4 aromatic rings. The van der Waals surface area contributed by atoms with Crippen LogP contribution in [0.25, 0.3) is 20.0 Å². The first kappa shape index (κ1) is 22.0. The Bertz CT molecular complexity index is 1330. The molecule has 162 valence electrons. The molecule has 0 radical (unpaired) electrons. The summed E-state index contributed by atoms with van der Waals surface area (Å²) in [6.45, 7) is 3.61. The van der Waals surface area contributed by atoms with Crippen molar-refractivity contribution in [2.75, 3.05) is 7.11 Å². The second-order valence-corrected chi connectivity index (χ2v) is 9.29. The number of nitriles is 1. The van der Waals surface area contributed by atoms with Crippen molar-refractivity contribution < 1.29 is 19.4 Å². The lowest BCUT2D eigenvalue weighted by atomic mass is 10.0. The topological polar surface area (TPSA) is 92.4 Å². The van der Waals surface area contributed by atoms with E-state index in [0.717, 1.165) is 26.3 Å². The minimum Gasteiger partial charge on any atom is -0.497 e. The van der Waals surface area contributed by atoms with Gasteiger partial charge in [0.25, 0.3) is 0 Å². The number of ether oxygens (including phenoxy) is 2. The second kappa shape index (κ2) is 9.09. The molecule has 1 N–H and O–H groups in total. The number of hydrogen-bond acceptors (Lipinski definition) is 8. The van der Waals surface area contributed by atoms with Crippen molar-refractivity contribution in [2.24, 2.45) is 0 Å². The summed E-state index contributed by atoms with van der Waals surface area (Å²) in [7, 11) is 1.60. The van der Waals surface area contributed by atoms with Crippen molar-refractivity contribution >= 4 is 38.7 Å². The van der Waals surface area contributed by atoms with E-state index >= 15 is 0 Å². The highest BCUT2D eigenvalue weighted by molar-refractivity contribution is 7.26. The molecule has 0 saturated carbocycles. The van der Waals surface area contributed by atoms with E-state index in [-0.39, 0.29) is 6.61 Å². The summed E-state index contributed by atoms with van der Waals surface area (Å²) in [5.74, 6) is 0.323. The largest absolute Gasteiger partial charge is 0.497 e. The number of esters is 1. The molecule has 0 bridgehead atoms. The van der Waals surface area contributed by atoms with Gasteiger partial charge in [-0.05, 0) is 60.7 Å². The molecule has 6 nitrogen and oxygen atoms in total. The maximum atomic E-state index is 12.7. The number of aryl methyl sites for hydroxylation is 1. The number of hydrogen-bond donors (Lipinski definition) is 1. The molecular weight excluding hydrogens is 444 g/mol. The van der Waals surface area contributed by atoms with Crippen LogP contribution < -0.4 is 4.74 Å². The first-order chi connectivity index (χ1) is 15.4. The summed E-state index contributed by atoms with van der Waals surface area (Å²) in [4.78, 5) is 18.5. The molecule has 32 heavy (non-hydrogen) atoms. The summed E-state index contributed by atoms with van der Waals surface area (Å²) < 4.78 is 11.5. The molecule has 0 aliphatic heterocycles. The molecule has 0 saturated heterocycles. The Kier molecular flexibility index (Phi) is 6.24. The highest BCUT2D eigenvalue weighted by Gasteiger charge is 2.20. The summed E-state index contributed by atoms with van der Waals surface area (Å²) in [6, 6.07) is 15.1. The lowest BCUT2D eigenvalue weighted by Gasteiger charge is -2.05. The molecule has 2 aromatic heterocycles. The number of aliphatic hydroxyl groups excluding tert-OH is 1. The van der Waals surface area contributed by atoms with Crippen LogP contribution in [-0.4, -0.2) is 23.2 Å². The van der Waals surface area contributed by atoms with Gasteiger partial charge in [0.05, 0.1) is 34.0 Å². The smallest absolute Gasteiger partial charge is 0.350 e. The van der Waals surface area contributed by atoms with Gasteiger partial charge in [-0.1, -0.05) is 12.1 Å². The third-order valence-corrected chi connectivity index (χ3v) is 7.45. The average Bonchev–Trinajstić information content (AvgIpc) is 3.40. The fourth-order valence-corrected chi connectivity index (χ4v) is 5.34. The number of carbonyl (C=O) groups is 1. The van der Waals surface area contributed by atoms with Crippen LogP contribution >= 0.6 is 22.7 Å². The monoisotopic (exact) mass is 464 g/mol. The Balaban J connectivity index is 1.58. The number of methoxy groups -OCH3 is 1. The number of carbonyl (C=O) groups excluding carboxylic acids is 1. The van der Waals surface area contributed by atoms with E-state index in [9.17, 15) is 15.2 Å². The van der Waals surface area contributed by atoms with E-state index in [1.807, 2.05) is 36.4 Å². The van der Waals surface area contributed by atoms with E-state index in [1.165, 1.54) is 22.7 Å². The van der Waals surface area contributed by atoms with Crippen LogP contribution in [0.3, 0.4) is 0 Å². The van der Waals surface area contributed by atoms with Crippen LogP contribution in [0.4, 0.5) is 0 Å². The van der Waals surface area contributed by atoms with Gasteiger partial charge >= 0.3 is 5.97 Å². The zero-order valence-corrected chi connectivity index (χ0v) is 19.3. The van der Waals surface area contributed by atoms with Crippen LogP contribution in [0.15, 0.2) is 42.5 Å². The number of rotatable bonds is 6. The molecule has 0 aliphatic rings. The number of fused-ring (bicyclic) bond motifs is 1. The quantitative estimate of drug-likeness (QED) is 0.372. The summed E-state index contributed by atoms with van der Waals surface area (Å²) in [5, 5.41) is 21.0. The van der Waals surface area contributed by atoms with Gasteiger partial charge in [0.2, 0.25) is 0 Å². The molecule has 4 rings (SSSR count). The lowest BCUT2D eigenvalue weighted by molar-refractivity contribution is 0.0477. The highest BCUT2D eigenvalue weighted by atomic mass is 32.1. The molecule has 2 heterocycles. The number of thiazole rings is 1. The van der Waals surface area contributed by atoms with Crippen molar-refractivity contribution in [2.45, 2.75) is 26.6 Å². The predicted molar refractivity (Wildman–Crippen MR) is 125 cm³/mol. The normalized spacial score (nSPS) is 11.8. The van der Waals surface area contributed by atoms with Crippen LogP contribution in [-0.2, 0) is 11.3 Å². The molecule has 1 atom stereocenters. The minimum atomic E-state index is -0.663. The maximum Gasteiger partial charge on any atom is 0.350 e. The van der Waals surface area contributed by atoms with Crippen molar-refractivity contribution in [3.8, 4) is 21.7 Å². The van der Waals surface area contributed by atoms with Gasteiger partial charge in [-0.15, -0.1) is 22.7 Å². The molecule has 2 aromatic carbocycles. The lowest BCUT2D eigenvalue weighted by Crippen LogP contribution is -2.04. The van der Waals surface area contributed by atoms with Gasteiger partial charge in [-0.2, -0.15) is 5.26 Å². The molecule has 8 heteroatoms. The van der Waals surface area contributed by atoms with Gasteiger partial charge in [-0.25, -0.2) is 9.78 Å². The molecule has 0 spiro atoms. The first-order valence-electron chi connectivity index (χ1n) is 9.83. The predicted octanol–water partition coefficient (Wildman–Crippen LogP) is 5.62. The Hall–Kier alpha value is -3.25. The van der Waals surface area contributed by atoms with Crippen molar-refractivity contribution in [3.05, 3.63) is 69.7 Å². The zero-order valence-electron chi connectivity index (χ0n) is 17.7. The molecular formula is C24H20N2O4S2. The fourth-order valence-electron chi connectivity index (χ4n) is 3.23. The second-order valence-electron chi connectivity index (χ2n) is 7.24. The van der Waals surface area contributed by atoms with Crippen molar-refractivity contribution in [1.82, 2.24) is 4.98 Å². The highest BCUT2D eigenvalue weighted by Crippen LogP contribution is 2.39. The fraction of sp³-hybridized carbons (Fsp3) is 0.208. The summed E-state index contributed by atoms with van der Waals surface area (Å²) >= 11 is 2.72. The number of thiophene rings is 1. The average molecular weight is 465 g/mol. The van der Waals surface area contributed by atoms with Crippen LogP contribution in [0, 0.1) is 18.3 Å². The number of aromatic nitrogens is 1. The SMILES string of the molecule is COc1ccc(COC(=O)c2sc(-c3cc4cc(C(C)O)cc(C#N)c4s3)nc2C)cc1. The van der Waals surface area contributed by atoms with Gasteiger partial charge in [0, 0.05) is 0 Å². The molecule has 1 unspecified atom stereocenters. The summed E-state index contributed by atoms with van der Waals surface area (Å²) in [6.07, 6.45) is -0.663. The molecule has 0 fully saturated rings. The van der Waals surface area contributed by atoms with Gasteiger partial charge in [0.15, 0.2) is 0 Å². The van der Waals surface area contributed by atoms with Crippen LogP contribution in [0.2, 0.25) is 0 Å². The van der Waals surface area contributed by atoms with Gasteiger partial charge in [-0.3, -0.25) is 0 Å². The summed E-state index contributed by atoms with van der Waals surface area (Å²) in [5.41, 5.74) is 2.68. The van der Waals surface area contributed by atoms with Crippen molar-refractivity contribution in [3.63, 3.8) is 0 Å².